The molecule has 0 fully saturated rings. The van der Waals surface area contributed by atoms with Crippen LogP contribution in [0.25, 0.3) is 10.9 Å². The van der Waals surface area contributed by atoms with Gasteiger partial charge in [0.25, 0.3) is 5.91 Å². The number of hydrogen-bond donors (Lipinski definition) is 2. The quantitative estimate of drug-likeness (QED) is 0.889. The Morgan fingerprint density at radius 2 is 2.22 bits per heavy atom. The van der Waals surface area contributed by atoms with Crippen molar-refractivity contribution in [2.75, 3.05) is 12.3 Å². The molecule has 0 unspecified atom stereocenters. The van der Waals surface area contributed by atoms with Crippen molar-refractivity contribution in [1.29, 1.82) is 0 Å². The number of carbonyl (C=O) groups excluding carboxylic acids is 1. The summed E-state index contributed by atoms with van der Waals surface area (Å²) in [6.07, 6.45) is 0.846. The molecule has 1 aromatic carbocycles. The fraction of sp³-hybridized carbons (Fsp3) is 0.250. The van der Waals surface area contributed by atoms with E-state index < -0.39 is 0 Å². The molecule has 0 bridgehead atoms. The van der Waals surface area contributed by atoms with E-state index in [1.165, 1.54) is 0 Å². The normalized spacial score (nSPS) is 10.6. The maximum Gasteiger partial charge on any atom is 0.273 e. The molecule has 94 valence electrons. The molecular weight excluding hydrogens is 252 g/mol. The van der Waals surface area contributed by atoms with Gasteiger partial charge in [-0.3, -0.25) is 4.79 Å². The number of nitrogens with two attached hydrogens (primary N) is 1. The second-order valence-electron chi connectivity index (χ2n) is 3.85. The lowest BCUT2D eigenvalue weighted by molar-refractivity contribution is 0.0949. The van der Waals surface area contributed by atoms with Gasteiger partial charge >= 0.3 is 0 Å². The number of halogens is 1. The Hall–Kier alpha value is -1.88. The Balaban J connectivity index is 2.48. The predicted octanol–water partition coefficient (Wildman–Crippen LogP) is 2.01. The number of benzene rings is 1. The van der Waals surface area contributed by atoms with Crippen LogP contribution < -0.4 is 11.1 Å². The summed E-state index contributed by atoms with van der Waals surface area (Å²) < 4.78 is 0. The first kappa shape index (κ1) is 12.6. The largest absolute Gasteiger partial charge is 0.396 e. The zero-order valence-electron chi connectivity index (χ0n) is 9.90. The molecule has 2 aromatic rings. The van der Waals surface area contributed by atoms with Crippen molar-refractivity contribution in [3.05, 3.63) is 28.9 Å². The average Bonchev–Trinajstić information content (AvgIpc) is 2.37. The van der Waals surface area contributed by atoms with Crippen LogP contribution in [-0.4, -0.2) is 22.6 Å². The van der Waals surface area contributed by atoms with Crippen molar-refractivity contribution < 1.29 is 4.79 Å². The number of fused-ring (bicyclic) bond motifs is 1. The van der Waals surface area contributed by atoms with Crippen molar-refractivity contribution in [2.45, 2.75) is 13.3 Å². The zero-order chi connectivity index (χ0) is 13.1. The van der Waals surface area contributed by atoms with Crippen LogP contribution in [0, 0.1) is 0 Å². The van der Waals surface area contributed by atoms with Gasteiger partial charge in [0, 0.05) is 11.9 Å². The van der Waals surface area contributed by atoms with Gasteiger partial charge in [-0.05, 0) is 12.5 Å². The molecule has 1 aromatic heterocycles. The fourth-order valence-electron chi connectivity index (χ4n) is 1.61. The molecule has 3 N–H and O–H groups in total. The van der Waals surface area contributed by atoms with Gasteiger partial charge in [-0.2, -0.15) is 0 Å². The number of nitrogen functional groups attached to an aromatic ring is 1. The minimum Gasteiger partial charge on any atom is -0.396 e. The van der Waals surface area contributed by atoms with Crippen molar-refractivity contribution in [1.82, 2.24) is 15.5 Å². The van der Waals surface area contributed by atoms with Crippen LogP contribution in [0.15, 0.2) is 18.2 Å². The summed E-state index contributed by atoms with van der Waals surface area (Å²) >= 11 is 5.99. The molecule has 0 saturated heterocycles. The van der Waals surface area contributed by atoms with Gasteiger partial charge in [-0.15, -0.1) is 10.2 Å². The summed E-state index contributed by atoms with van der Waals surface area (Å²) in [5, 5.41) is 11.6. The van der Waals surface area contributed by atoms with Gasteiger partial charge in [-0.1, -0.05) is 30.7 Å². The Morgan fingerprint density at radius 3 is 2.94 bits per heavy atom. The Morgan fingerprint density at radius 1 is 1.44 bits per heavy atom. The third kappa shape index (κ3) is 2.22. The molecule has 0 aliphatic rings. The highest BCUT2D eigenvalue weighted by Crippen LogP contribution is 2.26. The third-order valence-corrected chi connectivity index (χ3v) is 2.84. The molecule has 1 heterocycles. The van der Waals surface area contributed by atoms with E-state index in [9.17, 15) is 4.79 Å². The molecule has 0 atom stereocenters. The van der Waals surface area contributed by atoms with Crippen LogP contribution in [0.5, 0.6) is 0 Å². The first-order chi connectivity index (χ1) is 8.65. The second-order valence-corrected chi connectivity index (χ2v) is 4.26. The molecule has 18 heavy (non-hydrogen) atoms. The summed E-state index contributed by atoms with van der Waals surface area (Å²) in [4.78, 5) is 11.8. The Bertz CT molecular complexity index is 600. The van der Waals surface area contributed by atoms with Crippen molar-refractivity contribution >= 4 is 34.1 Å². The summed E-state index contributed by atoms with van der Waals surface area (Å²) in [6.45, 7) is 2.54. The van der Waals surface area contributed by atoms with E-state index in [0.717, 1.165) is 6.42 Å². The van der Waals surface area contributed by atoms with E-state index in [0.29, 0.717) is 28.2 Å². The van der Waals surface area contributed by atoms with Gasteiger partial charge in [0.1, 0.15) is 5.52 Å². The van der Waals surface area contributed by atoms with E-state index in [2.05, 4.69) is 15.5 Å². The average molecular weight is 265 g/mol. The lowest BCUT2D eigenvalue weighted by Crippen LogP contribution is -2.26. The number of amides is 1. The molecule has 6 heteroatoms. The monoisotopic (exact) mass is 264 g/mol. The van der Waals surface area contributed by atoms with Gasteiger partial charge in [0.15, 0.2) is 5.69 Å². The van der Waals surface area contributed by atoms with Crippen molar-refractivity contribution in [3.8, 4) is 0 Å². The molecule has 0 aliphatic carbocycles. The van der Waals surface area contributed by atoms with E-state index in [-0.39, 0.29) is 11.6 Å². The van der Waals surface area contributed by atoms with E-state index >= 15 is 0 Å². The van der Waals surface area contributed by atoms with Crippen LogP contribution in [-0.2, 0) is 0 Å². The Labute approximate surface area is 109 Å². The minimum atomic E-state index is -0.316. The number of nitrogens with zero attached hydrogens (tertiary/aromatic N) is 2. The van der Waals surface area contributed by atoms with Crippen LogP contribution in [0.4, 0.5) is 5.69 Å². The number of aromatic nitrogens is 2. The lowest BCUT2D eigenvalue weighted by Gasteiger charge is -2.08. The summed E-state index contributed by atoms with van der Waals surface area (Å²) in [7, 11) is 0. The van der Waals surface area contributed by atoms with Crippen LogP contribution in [0.1, 0.15) is 23.8 Å². The lowest BCUT2D eigenvalue weighted by atomic mass is 10.1. The molecule has 0 saturated carbocycles. The number of rotatable bonds is 3. The number of anilines is 1. The summed E-state index contributed by atoms with van der Waals surface area (Å²) in [5.74, 6) is -0.316. The summed E-state index contributed by atoms with van der Waals surface area (Å²) in [6, 6.07) is 5.23. The van der Waals surface area contributed by atoms with E-state index in [1.807, 2.05) is 6.92 Å². The van der Waals surface area contributed by atoms with Gasteiger partial charge in [0.05, 0.1) is 10.7 Å². The molecule has 2 rings (SSSR count). The number of nitrogens with one attached hydrogen (secondary N) is 1. The number of carbonyl (C=O) groups is 1. The highest BCUT2D eigenvalue weighted by Gasteiger charge is 2.15. The molecule has 0 radical (unpaired) electrons. The maximum absolute atomic E-state index is 11.8. The highest BCUT2D eigenvalue weighted by molar-refractivity contribution is 6.35. The van der Waals surface area contributed by atoms with Gasteiger partial charge < -0.3 is 11.1 Å². The highest BCUT2D eigenvalue weighted by atomic mass is 35.5. The first-order valence-electron chi connectivity index (χ1n) is 5.63. The van der Waals surface area contributed by atoms with E-state index in [4.69, 9.17) is 17.3 Å². The SMILES string of the molecule is CCCNC(=O)c1nnc2c(Cl)cccc2c1N. The maximum atomic E-state index is 11.8. The van der Waals surface area contributed by atoms with Crippen LogP contribution in [0.3, 0.4) is 0 Å². The third-order valence-electron chi connectivity index (χ3n) is 2.53. The minimum absolute atomic E-state index is 0.137. The van der Waals surface area contributed by atoms with Gasteiger partial charge in [0.2, 0.25) is 0 Å². The molecule has 5 nitrogen and oxygen atoms in total. The smallest absolute Gasteiger partial charge is 0.273 e. The molecule has 0 aliphatic heterocycles. The first-order valence-corrected chi connectivity index (χ1v) is 6.01. The molecule has 1 amide bonds. The van der Waals surface area contributed by atoms with Crippen molar-refractivity contribution in [2.24, 2.45) is 0 Å². The number of hydrogen-bond acceptors (Lipinski definition) is 4. The predicted molar refractivity (Wildman–Crippen MR) is 71.6 cm³/mol. The molecular formula is C12H13ClN4O. The van der Waals surface area contributed by atoms with Crippen LogP contribution in [0.2, 0.25) is 5.02 Å². The van der Waals surface area contributed by atoms with E-state index in [1.54, 1.807) is 18.2 Å². The Kier molecular flexibility index (Phi) is 3.62. The second kappa shape index (κ2) is 5.18. The standard InChI is InChI=1S/C12H13ClN4O/c1-2-6-15-12(18)11-9(14)7-4-3-5-8(13)10(7)16-17-11/h3-5H,2,6H2,1H3,(H2,14,16)(H,15,18). The molecule has 0 spiro atoms. The van der Waals surface area contributed by atoms with Crippen LogP contribution >= 0.6 is 11.6 Å². The summed E-state index contributed by atoms with van der Waals surface area (Å²) in [5.41, 5.74) is 6.88. The topological polar surface area (TPSA) is 80.9 Å². The fourth-order valence-corrected chi connectivity index (χ4v) is 1.82. The van der Waals surface area contributed by atoms with Gasteiger partial charge in [-0.25, -0.2) is 0 Å². The van der Waals surface area contributed by atoms with Crippen molar-refractivity contribution in [3.63, 3.8) is 0 Å². The zero-order valence-corrected chi connectivity index (χ0v) is 10.7.